The number of esters is 1. The van der Waals surface area contributed by atoms with Crippen molar-refractivity contribution in [3.05, 3.63) is 58.4 Å². The SMILES string of the molecule is CCn1c(C)cc(C(=O)COC(=O)C(C)N2C(=O)c3ccccc3C2=O)c1C. The summed E-state index contributed by atoms with van der Waals surface area (Å²) in [5, 5.41) is 0. The minimum atomic E-state index is -1.12. The summed E-state index contributed by atoms with van der Waals surface area (Å²) in [6, 6.07) is 7.04. The molecule has 7 nitrogen and oxygen atoms in total. The monoisotopic (exact) mass is 382 g/mol. The number of amides is 2. The number of ether oxygens (including phenoxy) is 1. The van der Waals surface area contributed by atoms with E-state index in [2.05, 4.69) is 0 Å². The van der Waals surface area contributed by atoms with Crippen molar-refractivity contribution in [2.45, 2.75) is 40.3 Å². The van der Waals surface area contributed by atoms with E-state index in [9.17, 15) is 19.2 Å². The third-order valence-corrected chi connectivity index (χ3v) is 5.09. The molecule has 1 aromatic carbocycles. The molecular weight excluding hydrogens is 360 g/mol. The first kappa shape index (κ1) is 19.5. The minimum absolute atomic E-state index is 0.259. The number of hydrogen-bond acceptors (Lipinski definition) is 5. The molecular formula is C21H22N2O5. The van der Waals surface area contributed by atoms with Crippen LogP contribution in [0.15, 0.2) is 30.3 Å². The van der Waals surface area contributed by atoms with Crippen molar-refractivity contribution < 1.29 is 23.9 Å². The summed E-state index contributed by atoms with van der Waals surface area (Å²) < 4.78 is 7.12. The third kappa shape index (κ3) is 3.13. The average Bonchev–Trinajstić information content (AvgIpc) is 3.12. The lowest BCUT2D eigenvalue weighted by Gasteiger charge is -2.20. The second kappa shape index (κ2) is 7.42. The van der Waals surface area contributed by atoms with Gasteiger partial charge in [-0.2, -0.15) is 0 Å². The number of nitrogens with zero attached hydrogens (tertiary/aromatic N) is 2. The number of ketones is 1. The Morgan fingerprint density at radius 2 is 1.64 bits per heavy atom. The summed E-state index contributed by atoms with van der Waals surface area (Å²) in [6.07, 6.45) is 0. The van der Waals surface area contributed by atoms with Gasteiger partial charge in [-0.1, -0.05) is 12.1 Å². The van der Waals surface area contributed by atoms with Crippen molar-refractivity contribution in [3.63, 3.8) is 0 Å². The van der Waals surface area contributed by atoms with Crippen LogP contribution in [-0.2, 0) is 16.1 Å². The van der Waals surface area contributed by atoms with Crippen molar-refractivity contribution in [1.29, 1.82) is 0 Å². The fourth-order valence-electron chi connectivity index (χ4n) is 3.57. The lowest BCUT2D eigenvalue weighted by atomic mass is 10.1. The van der Waals surface area contributed by atoms with Crippen LogP contribution in [0.25, 0.3) is 0 Å². The van der Waals surface area contributed by atoms with Crippen molar-refractivity contribution in [3.8, 4) is 0 Å². The molecule has 2 amide bonds. The van der Waals surface area contributed by atoms with E-state index in [0.29, 0.717) is 5.56 Å². The quantitative estimate of drug-likeness (QED) is 0.435. The molecule has 0 saturated carbocycles. The van der Waals surface area contributed by atoms with Gasteiger partial charge < -0.3 is 9.30 Å². The third-order valence-electron chi connectivity index (χ3n) is 5.09. The number of Topliss-reactive ketones (excluding diaryl/α,β-unsaturated/α-hetero) is 1. The molecule has 1 aliphatic rings. The van der Waals surface area contributed by atoms with Gasteiger partial charge in [0.15, 0.2) is 6.61 Å². The molecule has 2 aromatic rings. The molecule has 0 radical (unpaired) electrons. The number of aryl methyl sites for hydroxylation is 1. The normalized spacial score (nSPS) is 14.2. The molecule has 3 rings (SSSR count). The Labute approximate surface area is 162 Å². The van der Waals surface area contributed by atoms with Gasteiger partial charge in [-0.15, -0.1) is 0 Å². The van der Waals surface area contributed by atoms with Gasteiger partial charge in [-0.25, -0.2) is 4.79 Å². The van der Waals surface area contributed by atoms with Gasteiger partial charge in [0, 0.05) is 23.5 Å². The fraction of sp³-hybridized carbons (Fsp3) is 0.333. The summed E-state index contributed by atoms with van der Waals surface area (Å²) >= 11 is 0. The number of carbonyl (C=O) groups is 4. The van der Waals surface area contributed by atoms with Crippen LogP contribution in [-0.4, -0.2) is 45.7 Å². The average molecular weight is 382 g/mol. The van der Waals surface area contributed by atoms with E-state index < -0.39 is 30.4 Å². The standard InChI is InChI=1S/C21H22N2O5/c1-5-22-12(2)10-17(13(22)3)18(24)11-28-21(27)14(4)23-19(25)15-8-6-7-9-16(15)20(23)26/h6-10,14H,5,11H2,1-4H3. The van der Waals surface area contributed by atoms with E-state index in [1.165, 1.54) is 6.92 Å². The first-order chi connectivity index (χ1) is 13.3. The van der Waals surface area contributed by atoms with Gasteiger partial charge in [-0.3, -0.25) is 19.3 Å². The molecule has 0 saturated heterocycles. The van der Waals surface area contributed by atoms with Crippen LogP contribution in [0.5, 0.6) is 0 Å². The van der Waals surface area contributed by atoms with Gasteiger partial charge >= 0.3 is 5.97 Å². The van der Waals surface area contributed by atoms with Crippen LogP contribution in [0.2, 0.25) is 0 Å². The van der Waals surface area contributed by atoms with Crippen LogP contribution >= 0.6 is 0 Å². The predicted octanol–water partition coefficient (Wildman–Crippen LogP) is 2.54. The zero-order valence-corrected chi connectivity index (χ0v) is 16.3. The Balaban J connectivity index is 1.68. The summed E-state index contributed by atoms with van der Waals surface area (Å²) in [4.78, 5) is 50.7. The number of aromatic nitrogens is 1. The highest BCUT2D eigenvalue weighted by atomic mass is 16.5. The van der Waals surface area contributed by atoms with Crippen LogP contribution in [0, 0.1) is 13.8 Å². The largest absolute Gasteiger partial charge is 0.456 e. The Bertz CT molecular complexity index is 954. The minimum Gasteiger partial charge on any atom is -0.456 e. The molecule has 0 N–H and O–H groups in total. The Morgan fingerprint density at radius 3 is 2.14 bits per heavy atom. The van der Waals surface area contributed by atoms with E-state index in [0.717, 1.165) is 22.8 Å². The smallest absolute Gasteiger partial charge is 0.329 e. The first-order valence-corrected chi connectivity index (χ1v) is 9.11. The van der Waals surface area contributed by atoms with E-state index >= 15 is 0 Å². The van der Waals surface area contributed by atoms with Crippen LogP contribution in [0.3, 0.4) is 0 Å². The predicted molar refractivity (Wildman–Crippen MR) is 101 cm³/mol. The second-order valence-corrected chi connectivity index (χ2v) is 6.76. The molecule has 7 heteroatoms. The van der Waals surface area contributed by atoms with E-state index in [1.807, 2.05) is 25.3 Å². The molecule has 0 spiro atoms. The molecule has 0 bridgehead atoms. The van der Waals surface area contributed by atoms with Crippen LogP contribution in [0.4, 0.5) is 0 Å². The number of rotatable bonds is 6. The Hall–Kier alpha value is -3.22. The van der Waals surface area contributed by atoms with E-state index in [4.69, 9.17) is 4.74 Å². The molecule has 2 heterocycles. The molecule has 0 aliphatic carbocycles. The summed E-state index contributed by atoms with van der Waals surface area (Å²) in [7, 11) is 0. The summed E-state index contributed by atoms with van der Waals surface area (Å²) in [5.74, 6) is -2.20. The number of carbonyl (C=O) groups excluding carboxylic acids is 4. The number of hydrogen-bond donors (Lipinski definition) is 0. The van der Waals surface area contributed by atoms with E-state index in [1.54, 1.807) is 30.3 Å². The van der Waals surface area contributed by atoms with Crippen molar-refractivity contribution >= 4 is 23.6 Å². The molecule has 1 unspecified atom stereocenters. The highest BCUT2D eigenvalue weighted by Crippen LogP contribution is 2.25. The van der Waals surface area contributed by atoms with Gasteiger partial charge in [0.05, 0.1) is 11.1 Å². The van der Waals surface area contributed by atoms with Gasteiger partial charge in [-0.05, 0) is 45.9 Å². The fourth-order valence-corrected chi connectivity index (χ4v) is 3.57. The molecule has 1 aromatic heterocycles. The zero-order chi connectivity index (χ0) is 20.6. The summed E-state index contributed by atoms with van der Waals surface area (Å²) in [6.45, 7) is 7.44. The highest BCUT2D eigenvalue weighted by molar-refractivity contribution is 6.22. The van der Waals surface area contributed by atoms with Gasteiger partial charge in [0.2, 0.25) is 5.78 Å². The van der Waals surface area contributed by atoms with Crippen molar-refractivity contribution in [2.24, 2.45) is 0 Å². The Morgan fingerprint density at radius 1 is 1.07 bits per heavy atom. The molecule has 146 valence electrons. The highest BCUT2D eigenvalue weighted by Gasteiger charge is 2.41. The van der Waals surface area contributed by atoms with E-state index in [-0.39, 0.29) is 16.9 Å². The number of benzene rings is 1. The van der Waals surface area contributed by atoms with Crippen LogP contribution in [0.1, 0.15) is 56.3 Å². The van der Waals surface area contributed by atoms with Crippen molar-refractivity contribution in [2.75, 3.05) is 6.61 Å². The maximum Gasteiger partial charge on any atom is 0.329 e. The Kier molecular flexibility index (Phi) is 5.18. The van der Waals surface area contributed by atoms with Gasteiger partial charge in [0.1, 0.15) is 6.04 Å². The maximum atomic E-state index is 12.5. The molecule has 1 aliphatic heterocycles. The van der Waals surface area contributed by atoms with Crippen molar-refractivity contribution in [1.82, 2.24) is 9.47 Å². The lowest BCUT2D eigenvalue weighted by Crippen LogP contribution is -2.44. The lowest BCUT2D eigenvalue weighted by molar-refractivity contribution is -0.146. The topological polar surface area (TPSA) is 85.7 Å². The number of fused-ring (bicyclic) bond motifs is 1. The van der Waals surface area contributed by atoms with Crippen LogP contribution < -0.4 is 0 Å². The summed E-state index contributed by atoms with van der Waals surface area (Å²) in [5.41, 5.74) is 2.79. The number of imide groups is 1. The maximum absolute atomic E-state index is 12.5. The molecule has 1 atom stereocenters. The molecule has 28 heavy (non-hydrogen) atoms. The van der Waals surface area contributed by atoms with Gasteiger partial charge in [0.25, 0.3) is 11.8 Å². The molecule has 0 fully saturated rings. The first-order valence-electron chi connectivity index (χ1n) is 9.11. The second-order valence-electron chi connectivity index (χ2n) is 6.76. The zero-order valence-electron chi connectivity index (χ0n) is 16.3.